The van der Waals surface area contributed by atoms with Crippen molar-refractivity contribution < 1.29 is 14.7 Å². The third-order valence-corrected chi connectivity index (χ3v) is 3.64. The second-order valence-electron chi connectivity index (χ2n) is 5.22. The Labute approximate surface area is 123 Å². The molecule has 112 valence electrons. The van der Waals surface area contributed by atoms with Crippen molar-refractivity contribution >= 4 is 22.8 Å². The molecule has 1 aromatic carbocycles. The molecule has 0 aliphatic rings. The number of carboxylic acids is 1. The van der Waals surface area contributed by atoms with Crippen LogP contribution in [0.25, 0.3) is 10.9 Å². The van der Waals surface area contributed by atoms with Crippen molar-refractivity contribution in [2.75, 3.05) is 0 Å². The zero-order valence-electron chi connectivity index (χ0n) is 12.3. The van der Waals surface area contributed by atoms with Crippen molar-refractivity contribution in [3.63, 3.8) is 0 Å². The minimum absolute atomic E-state index is 0.0465. The lowest BCUT2D eigenvalue weighted by atomic mass is 10.1. The van der Waals surface area contributed by atoms with Crippen LogP contribution in [0.5, 0.6) is 0 Å². The lowest BCUT2D eigenvalue weighted by Crippen LogP contribution is -2.37. The number of aliphatic carboxylic acids is 1. The van der Waals surface area contributed by atoms with E-state index in [1.54, 1.807) is 0 Å². The molecule has 0 saturated carbocycles. The number of aromatic nitrogens is 1. The third-order valence-electron chi connectivity index (χ3n) is 3.64. The van der Waals surface area contributed by atoms with E-state index in [4.69, 9.17) is 5.11 Å². The van der Waals surface area contributed by atoms with Crippen molar-refractivity contribution in [2.24, 2.45) is 0 Å². The fourth-order valence-electron chi connectivity index (χ4n) is 2.51. The molecule has 1 unspecified atom stereocenters. The van der Waals surface area contributed by atoms with E-state index in [2.05, 4.69) is 10.3 Å². The topological polar surface area (TPSA) is 82.2 Å². The number of aryl methyl sites for hydroxylation is 1. The van der Waals surface area contributed by atoms with Crippen LogP contribution < -0.4 is 5.32 Å². The summed E-state index contributed by atoms with van der Waals surface area (Å²) in [5.41, 5.74) is 2.95. The van der Waals surface area contributed by atoms with Gasteiger partial charge in [0.25, 0.3) is 0 Å². The van der Waals surface area contributed by atoms with Crippen LogP contribution in [-0.2, 0) is 16.0 Å². The summed E-state index contributed by atoms with van der Waals surface area (Å²) in [6, 6.07) is 7.53. The van der Waals surface area contributed by atoms with Crippen LogP contribution in [0.1, 0.15) is 31.0 Å². The number of para-hydroxylation sites is 1. The third kappa shape index (κ3) is 3.62. The fraction of sp³-hybridized carbons (Fsp3) is 0.375. The normalized spacial score (nSPS) is 12.3. The van der Waals surface area contributed by atoms with Gasteiger partial charge in [-0.05, 0) is 25.0 Å². The Kier molecular flexibility index (Phi) is 4.62. The molecule has 0 aliphatic heterocycles. The first-order chi connectivity index (χ1) is 10.0. The number of hydrogen-bond acceptors (Lipinski definition) is 2. The van der Waals surface area contributed by atoms with Crippen molar-refractivity contribution in [1.29, 1.82) is 0 Å². The average Bonchev–Trinajstić information content (AvgIpc) is 2.74. The van der Waals surface area contributed by atoms with Crippen LogP contribution in [0, 0.1) is 6.92 Å². The maximum absolute atomic E-state index is 12.1. The largest absolute Gasteiger partial charge is 0.481 e. The minimum atomic E-state index is -0.898. The van der Waals surface area contributed by atoms with E-state index in [9.17, 15) is 9.59 Å². The Morgan fingerprint density at radius 3 is 2.71 bits per heavy atom. The highest BCUT2D eigenvalue weighted by Gasteiger charge is 2.16. The van der Waals surface area contributed by atoms with Crippen LogP contribution >= 0.6 is 0 Å². The summed E-state index contributed by atoms with van der Waals surface area (Å²) in [7, 11) is 0. The molecule has 21 heavy (non-hydrogen) atoms. The Morgan fingerprint density at radius 1 is 1.33 bits per heavy atom. The molecule has 2 aromatic rings. The SMILES string of the molecule is CCC(CC(=O)O)NC(=O)Cc1c(C)[nH]c2ccccc12. The van der Waals surface area contributed by atoms with Gasteiger partial charge in [0.1, 0.15) is 0 Å². The molecule has 3 N–H and O–H groups in total. The number of carboxylic acid groups (broad SMARTS) is 1. The number of benzene rings is 1. The lowest BCUT2D eigenvalue weighted by Gasteiger charge is -2.14. The Bertz CT molecular complexity index is 661. The number of hydrogen-bond donors (Lipinski definition) is 3. The van der Waals surface area contributed by atoms with Crippen LogP contribution in [0.2, 0.25) is 0 Å². The van der Waals surface area contributed by atoms with Crippen LogP contribution in [-0.4, -0.2) is 28.0 Å². The summed E-state index contributed by atoms with van der Waals surface area (Å²) in [6.07, 6.45) is 0.811. The maximum Gasteiger partial charge on any atom is 0.305 e. The van der Waals surface area contributed by atoms with E-state index in [0.717, 1.165) is 22.2 Å². The van der Waals surface area contributed by atoms with E-state index in [1.807, 2.05) is 38.1 Å². The second-order valence-corrected chi connectivity index (χ2v) is 5.22. The number of carbonyl (C=O) groups is 2. The summed E-state index contributed by atoms with van der Waals surface area (Å²) in [5.74, 6) is -1.04. The van der Waals surface area contributed by atoms with E-state index >= 15 is 0 Å². The first-order valence-corrected chi connectivity index (χ1v) is 7.08. The fourth-order valence-corrected chi connectivity index (χ4v) is 2.51. The molecular weight excluding hydrogens is 268 g/mol. The van der Waals surface area contributed by atoms with Gasteiger partial charge in [0, 0.05) is 22.6 Å². The standard InChI is InChI=1S/C16H20N2O3/c1-3-11(8-16(20)21)18-15(19)9-13-10(2)17-14-7-5-4-6-12(13)14/h4-7,11,17H,3,8-9H2,1-2H3,(H,18,19)(H,20,21). The van der Waals surface area contributed by atoms with Gasteiger partial charge in [0.2, 0.25) is 5.91 Å². The molecule has 5 heteroatoms. The van der Waals surface area contributed by atoms with E-state index in [-0.39, 0.29) is 24.8 Å². The molecule has 1 atom stereocenters. The predicted molar refractivity (Wildman–Crippen MR) is 81.2 cm³/mol. The van der Waals surface area contributed by atoms with Crippen molar-refractivity contribution in [2.45, 2.75) is 39.2 Å². The molecule has 0 bridgehead atoms. The lowest BCUT2D eigenvalue weighted by molar-refractivity contribution is -0.137. The molecule has 0 aliphatic carbocycles. The first kappa shape index (κ1) is 15.1. The van der Waals surface area contributed by atoms with Crippen molar-refractivity contribution in [1.82, 2.24) is 10.3 Å². The molecule has 0 spiro atoms. The Morgan fingerprint density at radius 2 is 2.05 bits per heavy atom. The van der Waals surface area contributed by atoms with Gasteiger partial charge < -0.3 is 15.4 Å². The van der Waals surface area contributed by atoms with Gasteiger partial charge in [-0.3, -0.25) is 9.59 Å². The molecular formula is C16H20N2O3. The summed E-state index contributed by atoms with van der Waals surface area (Å²) in [5, 5.41) is 12.6. The highest BCUT2D eigenvalue weighted by atomic mass is 16.4. The predicted octanol–water partition coefficient (Wildman–Crippen LogP) is 2.39. The van der Waals surface area contributed by atoms with Crippen LogP contribution in [0.15, 0.2) is 24.3 Å². The second kappa shape index (κ2) is 6.43. The molecule has 0 radical (unpaired) electrons. The van der Waals surface area contributed by atoms with E-state index < -0.39 is 5.97 Å². The Hall–Kier alpha value is -2.30. The number of fused-ring (bicyclic) bond motifs is 1. The van der Waals surface area contributed by atoms with Gasteiger partial charge in [-0.2, -0.15) is 0 Å². The van der Waals surface area contributed by atoms with Gasteiger partial charge in [0.15, 0.2) is 0 Å². The van der Waals surface area contributed by atoms with Crippen molar-refractivity contribution in [3.8, 4) is 0 Å². The van der Waals surface area contributed by atoms with Gasteiger partial charge in [0.05, 0.1) is 12.8 Å². The molecule has 2 rings (SSSR count). The quantitative estimate of drug-likeness (QED) is 0.763. The zero-order valence-corrected chi connectivity index (χ0v) is 12.3. The smallest absolute Gasteiger partial charge is 0.305 e. The molecule has 1 amide bonds. The summed E-state index contributed by atoms with van der Waals surface area (Å²) < 4.78 is 0. The number of rotatable bonds is 6. The van der Waals surface area contributed by atoms with Gasteiger partial charge in [-0.1, -0.05) is 25.1 Å². The van der Waals surface area contributed by atoms with Gasteiger partial charge >= 0.3 is 5.97 Å². The van der Waals surface area contributed by atoms with Gasteiger partial charge in [-0.15, -0.1) is 0 Å². The van der Waals surface area contributed by atoms with Gasteiger partial charge in [-0.25, -0.2) is 0 Å². The monoisotopic (exact) mass is 288 g/mol. The molecule has 0 saturated heterocycles. The zero-order chi connectivity index (χ0) is 15.4. The van der Waals surface area contributed by atoms with Crippen molar-refractivity contribution in [3.05, 3.63) is 35.5 Å². The number of nitrogens with one attached hydrogen (secondary N) is 2. The average molecular weight is 288 g/mol. The molecule has 1 aromatic heterocycles. The van der Waals surface area contributed by atoms with Crippen LogP contribution in [0.4, 0.5) is 0 Å². The number of aromatic amines is 1. The molecule has 5 nitrogen and oxygen atoms in total. The summed E-state index contributed by atoms with van der Waals surface area (Å²) in [6.45, 7) is 3.81. The highest BCUT2D eigenvalue weighted by Crippen LogP contribution is 2.22. The Balaban J connectivity index is 2.11. The number of amides is 1. The summed E-state index contributed by atoms with van der Waals surface area (Å²) in [4.78, 5) is 26.1. The van der Waals surface area contributed by atoms with Crippen LogP contribution in [0.3, 0.4) is 0 Å². The minimum Gasteiger partial charge on any atom is -0.481 e. The highest BCUT2D eigenvalue weighted by molar-refractivity contribution is 5.90. The first-order valence-electron chi connectivity index (χ1n) is 7.08. The molecule has 1 heterocycles. The molecule has 0 fully saturated rings. The van der Waals surface area contributed by atoms with E-state index in [1.165, 1.54) is 0 Å². The van der Waals surface area contributed by atoms with E-state index in [0.29, 0.717) is 6.42 Å². The maximum atomic E-state index is 12.1. The number of carbonyl (C=O) groups excluding carboxylic acids is 1. The summed E-state index contributed by atoms with van der Waals surface area (Å²) >= 11 is 0. The number of H-pyrrole nitrogens is 1.